The molecule has 0 aliphatic heterocycles. The highest BCUT2D eigenvalue weighted by Gasteiger charge is 2.31. The molecule has 0 saturated heterocycles. The number of hydrogen-bond acceptors (Lipinski definition) is 3. The molecule has 1 aromatic rings. The Bertz CT molecular complexity index is 598. The second kappa shape index (κ2) is 6.46. The zero-order valence-corrected chi connectivity index (χ0v) is 13.9. The number of hydrogen-bond donors (Lipinski definition) is 1. The van der Waals surface area contributed by atoms with Crippen LogP contribution in [0.15, 0.2) is 23.1 Å². The summed E-state index contributed by atoms with van der Waals surface area (Å²) < 4.78 is 27.3. The van der Waals surface area contributed by atoms with Gasteiger partial charge in [0, 0.05) is 13.1 Å². The van der Waals surface area contributed by atoms with E-state index in [4.69, 9.17) is 0 Å². The summed E-state index contributed by atoms with van der Waals surface area (Å²) in [7, 11) is -1.82. The number of aliphatic hydroxyl groups excluding tert-OH is 1. The van der Waals surface area contributed by atoms with E-state index in [9.17, 15) is 13.5 Å². The first-order valence-electron chi connectivity index (χ1n) is 7.54. The molecule has 1 aliphatic rings. The Morgan fingerprint density at radius 1 is 1.33 bits per heavy atom. The maximum absolute atomic E-state index is 12.9. The Hall–Kier alpha value is -0.910. The van der Waals surface area contributed by atoms with Crippen molar-refractivity contribution in [3.63, 3.8) is 0 Å². The van der Waals surface area contributed by atoms with E-state index in [0.29, 0.717) is 16.4 Å². The molecular formula is C16H25NO3S. The molecule has 0 heterocycles. The molecule has 0 amide bonds. The molecule has 2 unspecified atom stereocenters. The fourth-order valence-corrected chi connectivity index (χ4v) is 4.77. The van der Waals surface area contributed by atoms with E-state index >= 15 is 0 Å². The van der Waals surface area contributed by atoms with Crippen LogP contribution in [-0.2, 0) is 16.6 Å². The van der Waals surface area contributed by atoms with Crippen LogP contribution in [0, 0.1) is 12.8 Å². The number of benzene rings is 1. The molecule has 2 rings (SSSR count). The van der Waals surface area contributed by atoms with Crippen molar-refractivity contribution in [3.05, 3.63) is 29.3 Å². The quantitative estimate of drug-likeness (QED) is 0.930. The Morgan fingerprint density at radius 3 is 2.67 bits per heavy atom. The Labute approximate surface area is 127 Å². The normalized spacial score (nSPS) is 23.5. The van der Waals surface area contributed by atoms with Gasteiger partial charge in [-0.3, -0.25) is 0 Å². The lowest BCUT2D eigenvalue weighted by Crippen LogP contribution is -2.40. The van der Waals surface area contributed by atoms with Gasteiger partial charge in [-0.15, -0.1) is 0 Å². The second-order valence-electron chi connectivity index (χ2n) is 6.20. The smallest absolute Gasteiger partial charge is 0.243 e. The predicted octanol–water partition coefficient (Wildman–Crippen LogP) is 2.69. The van der Waals surface area contributed by atoms with Gasteiger partial charge in [-0.25, -0.2) is 8.42 Å². The van der Waals surface area contributed by atoms with Gasteiger partial charge in [-0.2, -0.15) is 4.31 Å². The van der Waals surface area contributed by atoms with Gasteiger partial charge in [0.2, 0.25) is 10.0 Å². The van der Waals surface area contributed by atoms with Gasteiger partial charge >= 0.3 is 0 Å². The molecule has 5 heteroatoms. The third-order valence-electron chi connectivity index (χ3n) is 4.52. The van der Waals surface area contributed by atoms with E-state index < -0.39 is 10.0 Å². The summed E-state index contributed by atoms with van der Waals surface area (Å²) in [5.41, 5.74) is 1.35. The average Bonchev–Trinajstić information content (AvgIpc) is 2.46. The first kappa shape index (κ1) is 16.5. The molecule has 1 aliphatic carbocycles. The van der Waals surface area contributed by atoms with Gasteiger partial charge in [0.05, 0.1) is 11.5 Å². The zero-order valence-electron chi connectivity index (χ0n) is 13.0. The summed E-state index contributed by atoms with van der Waals surface area (Å²) >= 11 is 0. The van der Waals surface area contributed by atoms with Gasteiger partial charge in [0.15, 0.2) is 0 Å². The van der Waals surface area contributed by atoms with Gasteiger partial charge in [0.1, 0.15) is 0 Å². The summed E-state index contributed by atoms with van der Waals surface area (Å²) in [6.45, 7) is 3.84. The van der Waals surface area contributed by atoms with Gasteiger partial charge in [0.25, 0.3) is 0 Å². The van der Waals surface area contributed by atoms with E-state index in [-0.39, 0.29) is 12.6 Å². The van der Waals surface area contributed by atoms with Crippen LogP contribution in [-0.4, -0.2) is 30.9 Å². The maximum Gasteiger partial charge on any atom is 0.243 e. The maximum atomic E-state index is 12.9. The molecule has 0 bridgehead atoms. The highest BCUT2D eigenvalue weighted by atomic mass is 32.2. The molecule has 0 spiro atoms. The van der Waals surface area contributed by atoms with Crippen molar-refractivity contribution in [3.8, 4) is 0 Å². The van der Waals surface area contributed by atoms with Crippen molar-refractivity contribution in [1.29, 1.82) is 0 Å². The summed E-state index contributed by atoms with van der Waals surface area (Å²) in [6.07, 6.45) is 4.12. The zero-order chi connectivity index (χ0) is 15.6. The van der Waals surface area contributed by atoms with Crippen molar-refractivity contribution < 1.29 is 13.5 Å². The number of nitrogens with zero attached hydrogens (tertiary/aromatic N) is 1. The van der Waals surface area contributed by atoms with Crippen LogP contribution in [0.3, 0.4) is 0 Å². The Kier molecular flexibility index (Phi) is 5.07. The highest BCUT2D eigenvalue weighted by molar-refractivity contribution is 7.89. The first-order chi connectivity index (χ1) is 9.86. The van der Waals surface area contributed by atoms with Crippen molar-refractivity contribution in [1.82, 2.24) is 4.31 Å². The molecule has 1 fully saturated rings. The van der Waals surface area contributed by atoms with Crippen molar-refractivity contribution in [2.75, 3.05) is 7.05 Å². The SMILES string of the molecule is Cc1ccc(CO)cc1S(=O)(=O)N(C)C1CCCC(C)C1. The minimum atomic E-state index is -3.50. The van der Waals surface area contributed by atoms with Crippen LogP contribution < -0.4 is 0 Å². The van der Waals surface area contributed by atoms with Gasteiger partial charge in [-0.1, -0.05) is 31.9 Å². The fourth-order valence-electron chi connectivity index (χ4n) is 3.10. The minimum absolute atomic E-state index is 0.0796. The lowest BCUT2D eigenvalue weighted by atomic mass is 9.87. The number of sulfonamides is 1. The molecule has 1 aromatic carbocycles. The number of rotatable bonds is 4. The molecule has 1 N–H and O–H groups in total. The van der Waals surface area contributed by atoms with E-state index in [1.165, 1.54) is 10.7 Å². The van der Waals surface area contributed by atoms with Crippen LogP contribution in [0.1, 0.15) is 43.7 Å². The second-order valence-corrected chi connectivity index (χ2v) is 8.17. The summed E-state index contributed by atoms with van der Waals surface area (Å²) in [6, 6.07) is 5.19. The standard InChI is InChI=1S/C16H25NO3S/c1-12-5-4-6-15(9-12)17(3)21(19,20)16-10-14(11-18)8-7-13(16)2/h7-8,10,12,15,18H,4-6,9,11H2,1-3H3. The molecule has 0 aromatic heterocycles. The van der Waals surface area contributed by atoms with E-state index in [1.807, 2.05) is 0 Å². The van der Waals surface area contributed by atoms with Crippen LogP contribution in [0.5, 0.6) is 0 Å². The highest BCUT2D eigenvalue weighted by Crippen LogP contribution is 2.30. The third kappa shape index (κ3) is 3.47. The Morgan fingerprint density at radius 2 is 2.05 bits per heavy atom. The third-order valence-corrected chi connectivity index (χ3v) is 6.57. The molecule has 0 radical (unpaired) electrons. The topological polar surface area (TPSA) is 57.6 Å². The molecule has 1 saturated carbocycles. The van der Waals surface area contributed by atoms with E-state index in [2.05, 4.69) is 6.92 Å². The Balaban J connectivity index is 2.32. The molecular weight excluding hydrogens is 286 g/mol. The predicted molar refractivity (Wildman–Crippen MR) is 83.5 cm³/mol. The lowest BCUT2D eigenvalue weighted by Gasteiger charge is -2.33. The van der Waals surface area contributed by atoms with Crippen LogP contribution in [0.2, 0.25) is 0 Å². The van der Waals surface area contributed by atoms with Crippen molar-refractivity contribution in [2.45, 2.75) is 57.1 Å². The number of aliphatic hydroxyl groups is 1. The van der Waals surface area contributed by atoms with Crippen LogP contribution in [0.25, 0.3) is 0 Å². The lowest BCUT2D eigenvalue weighted by molar-refractivity contribution is 0.239. The molecule has 2 atom stereocenters. The molecule has 118 valence electrons. The summed E-state index contributed by atoms with van der Waals surface area (Å²) in [4.78, 5) is 0.315. The van der Waals surface area contributed by atoms with Crippen LogP contribution >= 0.6 is 0 Å². The van der Waals surface area contributed by atoms with E-state index in [0.717, 1.165) is 24.8 Å². The van der Waals surface area contributed by atoms with Gasteiger partial charge in [-0.05, 0) is 42.9 Å². The summed E-state index contributed by atoms with van der Waals surface area (Å²) in [5.74, 6) is 0.575. The van der Waals surface area contributed by atoms with Crippen LogP contribution in [0.4, 0.5) is 0 Å². The average molecular weight is 311 g/mol. The van der Waals surface area contributed by atoms with Gasteiger partial charge < -0.3 is 5.11 Å². The summed E-state index contributed by atoms with van der Waals surface area (Å²) in [5, 5.41) is 9.23. The van der Waals surface area contributed by atoms with Crippen molar-refractivity contribution in [2.24, 2.45) is 5.92 Å². The largest absolute Gasteiger partial charge is 0.392 e. The first-order valence-corrected chi connectivity index (χ1v) is 8.98. The fraction of sp³-hybridized carbons (Fsp3) is 0.625. The van der Waals surface area contributed by atoms with Crippen molar-refractivity contribution >= 4 is 10.0 Å². The molecule has 21 heavy (non-hydrogen) atoms. The number of aryl methyl sites for hydroxylation is 1. The minimum Gasteiger partial charge on any atom is -0.392 e. The monoisotopic (exact) mass is 311 g/mol. The van der Waals surface area contributed by atoms with E-state index in [1.54, 1.807) is 32.2 Å². The molecule has 4 nitrogen and oxygen atoms in total.